The Morgan fingerprint density at radius 2 is 2.12 bits per heavy atom. The van der Waals surface area contributed by atoms with Gasteiger partial charge < -0.3 is 5.32 Å². The first-order valence-electron chi connectivity index (χ1n) is 5.24. The smallest absolute Gasteiger partial charge is 0.261 e. The molecule has 0 saturated heterocycles. The molecule has 2 nitrogen and oxygen atoms in total. The van der Waals surface area contributed by atoms with Crippen LogP contribution in [0.1, 0.15) is 20.8 Å². The Labute approximate surface area is 103 Å². The molecule has 0 aliphatic rings. The van der Waals surface area contributed by atoms with Crippen molar-refractivity contribution in [1.29, 1.82) is 0 Å². The van der Waals surface area contributed by atoms with Gasteiger partial charge in [0.1, 0.15) is 5.82 Å². The molecule has 0 aliphatic carbocycles. The van der Waals surface area contributed by atoms with Crippen molar-refractivity contribution in [3.63, 3.8) is 0 Å². The lowest BCUT2D eigenvalue weighted by molar-refractivity contribution is 0.0954. The van der Waals surface area contributed by atoms with Gasteiger partial charge in [0.2, 0.25) is 0 Å². The Bertz CT molecular complexity index is 536. The predicted molar refractivity (Wildman–Crippen MR) is 66.6 cm³/mol. The Balaban J connectivity index is 2.02. The Morgan fingerprint density at radius 1 is 1.35 bits per heavy atom. The molecule has 1 heterocycles. The molecule has 88 valence electrons. The molecule has 4 heteroatoms. The molecule has 1 N–H and O–H groups in total. The average molecular weight is 249 g/mol. The molecular formula is C13H12FNOS. The number of thiophene rings is 1. The van der Waals surface area contributed by atoms with E-state index in [2.05, 4.69) is 5.32 Å². The van der Waals surface area contributed by atoms with Crippen molar-refractivity contribution in [3.05, 3.63) is 57.5 Å². The Morgan fingerprint density at radius 3 is 2.76 bits per heavy atom. The van der Waals surface area contributed by atoms with E-state index >= 15 is 0 Å². The topological polar surface area (TPSA) is 29.1 Å². The van der Waals surface area contributed by atoms with Crippen molar-refractivity contribution >= 4 is 17.2 Å². The molecule has 0 radical (unpaired) electrons. The minimum Gasteiger partial charge on any atom is -0.347 e. The quantitative estimate of drug-likeness (QED) is 0.889. The highest BCUT2D eigenvalue weighted by atomic mass is 32.1. The van der Waals surface area contributed by atoms with Gasteiger partial charge in [0.25, 0.3) is 5.91 Å². The highest BCUT2D eigenvalue weighted by Gasteiger charge is 2.10. The number of amides is 1. The predicted octanol–water partition coefficient (Wildman–Crippen LogP) is 3.13. The number of carbonyl (C=O) groups is 1. The van der Waals surface area contributed by atoms with Crippen LogP contribution in [0.5, 0.6) is 0 Å². The van der Waals surface area contributed by atoms with Crippen molar-refractivity contribution in [2.24, 2.45) is 0 Å². The van der Waals surface area contributed by atoms with E-state index in [0.717, 1.165) is 5.56 Å². The van der Waals surface area contributed by atoms with Crippen molar-refractivity contribution in [3.8, 4) is 0 Å². The van der Waals surface area contributed by atoms with Gasteiger partial charge in [-0.3, -0.25) is 4.79 Å². The molecule has 0 aliphatic heterocycles. The minimum absolute atomic E-state index is 0.152. The minimum atomic E-state index is -0.296. The summed E-state index contributed by atoms with van der Waals surface area (Å²) in [5.41, 5.74) is 1.44. The maximum atomic E-state index is 13.3. The van der Waals surface area contributed by atoms with Crippen LogP contribution in [-0.2, 0) is 6.54 Å². The fourth-order valence-electron chi connectivity index (χ4n) is 1.50. The second-order valence-electron chi connectivity index (χ2n) is 3.71. The Hall–Kier alpha value is -1.68. The van der Waals surface area contributed by atoms with Gasteiger partial charge in [0.05, 0.1) is 4.88 Å². The maximum absolute atomic E-state index is 13.3. The molecule has 0 spiro atoms. The van der Waals surface area contributed by atoms with Crippen molar-refractivity contribution < 1.29 is 9.18 Å². The highest BCUT2D eigenvalue weighted by molar-refractivity contribution is 7.12. The van der Waals surface area contributed by atoms with E-state index in [4.69, 9.17) is 0 Å². The van der Waals surface area contributed by atoms with Crippen LogP contribution in [0.3, 0.4) is 0 Å². The summed E-state index contributed by atoms with van der Waals surface area (Å²) in [5.74, 6) is -0.448. The van der Waals surface area contributed by atoms with Crippen LogP contribution in [0.25, 0.3) is 0 Å². The number of nitrogens with one attached hydrogen (secondary N) is 1. The zero-order valence-electron chi connectivity index (χ0n) is 9.37. The summed E-state index contributed by atoms with van der Waals surface area (Å²) in [4.78, 5) is 12.5. The lowest BCUT2D eigenvalue weighted by atomic mass is 10.2. The van der Waals surface area contributed by atoms with E-state index in [0.29, 0.717) is 10.4 Å². The fourth-order valence-corrected chi connectivity index (χ4v) is 2.34. The number of rotatable bonds is 3. The van der Waals surface area contributed by atoms with E-state index < -0.39 is 0 Å². The number of carbonyl (C=O) groups excluding carboxylic acids is 1. The van der Waals surface area contributed by atoms with Crippen LogP contribution in [0.2, 0.25) is 0 Å². The van der Waals surface area contributed by atoms with Crippen molar-refractivity contribution in [2.75, 3.05) is 0 Å². The van der Waals surface area contributed by atoms with Gasteiger partial charge in [-0.05, 0) is 30.0 Å². The number of benzene rings is 1. The van der Waals surface area contributed by atoms with Crippen LogP contribution in [0.15, 0.2) is 35.7 Å². The largest absolute Gasteiger partial charge is 0.347 e. The SMILES string of the molecule is Cc1ccsc1C(=O)NCc1ccccc1F. The third-order valence-corrected chi connectivity index (χ3v) is 3.48. The van der Waals surface area contributed by atoms with Gasteiger partial charge in [-0.2, -0.15) is 0 Å². The molecule has 2 rings (SSSR count). The second kappa shape index (κ2) is 5.10. The van der Waals surface area contributed by atoms with Crippen LogP contribution >= 0.6 is 11.3 Å². The molecule has 1 aromatic carbocycles. The van der Waals surface area contributed by atoms with Crippen molar-refractivity contribution in [2.45, 2.75) is 13.5 Å². The lowest BCUT2D eigenvalue weighted by Crippen LogP contribution is -2.22. The van der Waals surface area contributed by atoms with E-state index in [1.54, 1.807) is 18.2 Å². The molecule has 1 aromatic heterocycles. The van der Waals surface area contributed by atoms with Crippen molar-refractivity contribution in [1.82, 2.24) is 5.32 Å². The highest BCUT2D eigenvalue weighted by Crippen LogP contribution is 2.15. The average Bonchev–Trinajstić information content (AvgIpc) is 2.74. The molecule has 2 aromatic rings. The summed E-state index contributed by atoms with van der Waals surface area (Å²) in [6.45, 7) is 2.09. The van der Waals surface area contributed by atoms with E-state index in [-0.39, 0.29) is 18.3 Å². The Kier molecular flexibility index (Phi) is 3.54. The zero-order valence-corrected chi connectivity index (χ0v) is 10.2. The van der Waals surface area contributed by atoms with Gasteiger partial charge in [0, 0.05) is 12.1 Å². The molecule has 0 atom stereocenters. The van der Waals surface area contributed by atoms with Crippen LogP contribution in [0.4, 0.5) is 4.39 Å². The van der Waals surface area contributed by atoms with Crippen LogP contribution in [0, 0.1) is 12.7 Å². The maximum Gasteiger partial charge on any atom is 0.261 e. The summed E-state index contributed by atoms with van der Waals surface area (Å²) in [6.07, 6.45) is 0. The number of hydrogen-bond donors (Lipinski definition) is 1. The molecular weight excluding hydrogens is 237 g/mol. The van der Waals surface area contributed by atoms with Gasteiger partial charge in [-0.25, -0.2) is 4.39 Å². The normalized spacial score (nSPS) is 10.2. The summed E-state index contributed by atoms with van der Waals surface area (Å²) in [6, 6.07) is 8.32. The van der Waals surface area contributed by atoms with Gasteiger partial charge in [0.15, 0.2) is 0 Å². The van der Waals surface area contributed by atoms with Crippen LogP contribution < -0.4 is 5.32 Å². The third kappa shape index (κ3) is 2.71. The first kappa shape index (κ1) is 11.8. The van der Waals surface area contributed by atoms with Crippen LogP contribution in [-0.4, -0.2) is 5.91 Å². The molecule has 1 amide bonds. The van der Waals surface area contributed by atoms with Gasteiger partial charge >= 0.3 is 0 Å². The molecule has 17 heavy (non-hydrogen) atoms. The van der Waals surface area contributed by atoms with E-state index in [9.17, 15) is 9.18 Å². The summed E-state index contributed by atoms with van der Waals surface area (Å²) in [5, 5.41) is 4.58. The molecule has 0 fully saturated rings. The number of aryl methyl sites for hydroxylation is 1. The first-order valence-corrected chi connectivity index (χ1v) is 6.12. The monoisotopic (exact) mass is 249 g/mol. The summed E-state index contributed by atoms with van der Waals surface area (Å²) in [7, 11) is 0. The number of hydrogen-bond acceptors (Lipinski definition) is 2. The van der Waals surface area contributed by atoms with Gasteiger partial charge in [-0.1, -0.05) is 18.2 Å². The standard InChI is InChI=1S/C13H12FNOS/c1-9-6-7-17-12(9)13(16)15-8-10-4-2-3-5-11(10)14/h2-7H,8H2,1H3,(H,15,16). The van der Waals surface area contributed by atoms with E-state index in [1.807, 2.05) is 18.4 Å². The van der Waals surface area contributed by atoms with Gasteiger partial charge in [-0.15, -0.1) is 11.3 Å². The zero-order chi connectivity index (χ0) is 12.3. The molecule has 0 saturated carbocycles. The fraction of sp³-hybridized carbons (Fsp3) is 0.154. The second-order valence-corrected chi connectivity index (χ2v) is 4.62. The third-order valence-electron chi connectivity index (χ3n) is 2.47. The summed E-state index contributed by atoms with van der Waals surface area (Å²) < 4.78 is 13.3. The number of halogens is 1. The first-order chi connectivity index (χ1) is 8.18. The summed E-state index contributed by atoms with van der Waals surface area (Å²) >= 11 is 1.39. The lowest BCUT2D eigenvalue weighted by Gasteiger charge is -2.05. The molecule has 0 bridgehead atoms. The van der Waals surface area contributed by atoms with E-state index in [1.165, 1.54) is 17.4 Å². The molecule has 0 unspecified atom stereocenters.